The van der Waals surface area contributed by atoms with Crippen LogP contribution in [0.4, 0.5) is 4.79 Å². The van der Waals surface area contributed by atoms with E-state index in [1.54, 1.807) is 48.9 Å². The monoisotopic (exact) mass is 802 g/mol. The Labute approximate surface area is 338 Å². The first-order valence-electron chi connectivity index (χ1n) is 18.9. The minimum Gasteiger partial charge on any atom is -0.368 e. The summed E-state index contributed by atoms with van der Waals surface area (Å²) < 4.78 is 0. The molecule has 7 amide bonds. The number of H-pyrrole nitrogens is 3. The van der Waals surface area contributed by atoms with Crippen LogP contribution in [0.25, 0.3) is 21.8 Å². The summed E-state index contributed by atoms with van der Waals surface area (Å²) in [6.07, 6.45) is 6.65. The molecule has 5 atom stereocenters. The van der Waals surface area contributed by atoms with Crippen molar-refractivity contribution in [2.75, 3.05) is 0 Å². The van der Waals surface area contributed by atoms with Crippen molar-refractivity contribution < 1.29 is 28.8 Å². The number of nitrogens with zero attached hydrogens (tertiary/aromatic N) is 1. The molecule has 0 bridgehead atoms. The average Bonchev–Trinajstić information content (AvgIpc) is 4.00. The zero-order valence-electron chi connectivity index (χ0n) is 32.1. The molecule has 0 aliphatic heterocycles. The van der Waals surface area contributed by atoms with Gasteiger partial charge in [-0.15, -0.1) is 0 Å². The van der Waals surface area contributed by atoms with E-state index in [9.17, 15) is 28.8 Å². The Morgan fingerprint density at radius 2 is 1.15 bits per heavy atom. The van der Waals surface area contributed by atoms with Gasteiger partial charge in [-0.1, -0.05) is 66.7 Å². The number of aromatic nitrogens is 4. The van der Waals surface area contributed by atoms with Crippen molar-refractivity contribution in [3.8, 4) is 0 Å². The van der Waals surface area contributed by atoms with Gasteiger partial charge in [-0.25, -0.2) is 15.2 Å². The van der Waals surface area contributed by atoms with Crippen molar-refractivity contribution in [3.05, 3.63) is 126 Å². The molecule has 0 radical (unpaired) electrons. The molecule has 0 aliphatic rings. The van der Waals surface area contributed by atoms with Crippen molar-refractivity contribution in [3.63, 3.8) is 0 Å². The van der Waals surface area contributed by atoms with E-state index in [0.717, 1.165) is 32.9 Å². The summed E-state index contributed by atoms with van der Waals surface area (Å²) in [6.45, 7) is 1.42. The Hall–Kier alpha value is -7.47. The standard InChI is InChI=1S/C41H46N12O6/c1-23(36(43)54)48-38(56)33(15-24-9-3-2-4-10-24)50-39(57)34(16-25-19-45-31-13-7-5-11-28(25)31)51-41(59)53-52-40(58)35(17-26-20-46-32-14-8-6-12-29(26)32)49-37(55)30(42)18-27-21-44-22-47-27/h2-14,19-23,30,33-35,45-46H,15-18,42H2,1H3,(H2,43,54)(H,44,47)(H,48,56)(H,49,55)(H,50,57)(H,52,58)(H2,51,53,59)/t23-,30-,33+,34-,35+/m0/s1. The summed E-state index contributed by atoms with van der Waals surface area (Å²) in [6, 6.07) is 17.1. The van der Waals surface area contributed by atoms with Gasteiger partial charge in [-0.3, -0.25) is 29.4 Å². The zero-order valence-corrected chi connectivity index (χ0v) is 32.1. The molecule has 18 heteroatoms. The van der Waals surface area contributed by atoms with E-state index in [0.29, 0.717) is 11.3 Å². The highest BCUT2D eigenvalue weighted by molar-refractivity contribution is 5.96. The largest absolute Gasteiger partial charge is 0.368 e. The molecule has 0 aliphatic carbocycles. The minimum absolute atomic E-state index is 0.0258. The molecule has 6 rings (SSSR count). The fourth-order valence-electron chi connectivity index (χ4n) is 6.58. The summed E-state index contributed by atoms with van der Waals surface area (Å²) in [5.74, 6) is -3.54. The van der Waals surface area contributed by atoms with Crippen LogP contribution in [0.5, 0.6) is 0 Å². The first kappa shape index (κ1) is 41.2. The molecule has 0 saturated heterocycles. The molecule has 59 heavy (non-hydrogen) atoms. The predicted molar refractivity (Wildman–Crippen MR) is 219 cm³/mol. The van der Waals surface area contributed by atoms with Crippen LogP contribution in [0.2, 0.25) is 0 Å². The van der Waals surface area contributed by atoms with E-state index in [1.165, 1.54) is 13.3 Å². The second kappa shape index (κ2) is 19.1. The molecule has 13 N–H and O–H groups in total. The maximum Gasteiger partial charge on any atom is 0.334 e. The van der Waals surface area contributed by atoms with E-state index >= 15 is 0 Å². The van der Waals surface area contributed by atoms with Crippen molar-refractivity contribution in [1.82, 2.24) is 52.1 Å². The van der Waals surface area contributed by atoms with Crippen LogP contribution in [0.15, 0.2) is 104 Å². The lowest BCUT2D eigenvalue weighted by molar-refractivity contribution is -0.131. The molecular weight excluding hydrogens is 757 g/mol. The molecule has 306 valence electrons. The van der Waals surface area contributed by atoms with Crippen LogP contribution >= 0.6 is 0 Å². The van der Waals surface area contributed by atoms with Gasteiger partial charge in [0.15, 0.2) is 0 Å². The molecule has 18 nitrogen and oxygen atoms in total. The number of fused-ring (bicyclic) bond motifs is 2. The van der Waals surface area contributed by atoms with Gasteiger partial charge in [-0.2, -0.15) is 0 Å². The lowest BCUT2D eigenvalue weighted by atomic mass is 10.0. The van der Waals surface area contributed by atoms with Gasteiger partial charge in [0.25, 0.3) is 5.91 Å². The Morgan fingerprint density at radius 3 is 1.75 bits per heavy atom. The third-order valence-electron chi connectivity index (χ3n) is 9.78. The van der Waals surface area contributed by atoms with E-state index in [2.05, 4.69) is 52.1 Å². The van der Waals surface area contributed by atoms with Crippen molar-refractivity contribution in [2.45, 2.75) is 62.8 Å². The normalized spacial score (nSPS) is 13.7. The number of aromatic amines is 3. The van der Waals surface area contributed by atoms with Crippen molar-refractivity contribution in [2.24, 2.45) is 11.5 Å². The number of primary amides is 1. The van der Waals surface area contributed by atoms with Gasteiger partial charge in [0.05, 0.1) is 12.4 Å². The Kier molecular flexibility index (Phi) is 13.3. The summed E-state index contributed by atoms with van der Waals surface area (Å²) in [7, 11) is 0. The summed E-state index contributed by atoms with van der Waals surface area (Å²) in [5, 5.41) is 12.2. The van der Waals surface area contributed by atoms with Gasteiger partial charge >= 0.3 is 6.03 Å². The van der Waals surface area contributed by atoms with Crippen LogP contribution in [-0.2, 0) is 49.7 Å². The number of amides is 7. The van der Waals surface area contributed by atoms with Gasteiger partial charge < -0.3 is 47.7 Å². The van der Waals surface area contributed by atoms with Gasteiger partial charge in [0, 0.05) is 71.8 Å². The molecule has 6 aromatic rings. The molecule has 3 aromatic carbocycles. The van der Waals surface area contributed by atoms with E-state index < -0.39 is 65.8 Å². The van der Waals surface area contributed by atoms with E-state index in [1.807, 2.05) is 48.5 Å². The predicted octanol–water partition coefficient (Wildman–Crippen LogP) is 0.629. The summed E-state index contributed by atoms with van der Waals surface area (Å²) in [4.78, 5) is 93.0. The Balaban J connectivity index is 1.19. The van der Waals surface area contributed by atoms with Crippen LogP contribution < -0.4 is 43.6 Å². The third kappa shape index (κ3) is 10.9. The number of nitrogens with one attached hydrogen (secondary N) is 9. The number of hydrazine groups is 1. The second-order valence-electron chi connectivity index (χ2n) is 14.1. The topological polar surface area (TPSA) is 287 Å². The SMILES string of the molecule is C[C@H](NC(=O)[C@@H](Cc1ccccc1)NC(=O)[C@H](Cc1c[nH]c2ccccc12)NC(=O)NNC(=O)[C@@H](Cc1c[nH]c2ccccc12)NC(=O)[C@@H](N)Cc1cnc[nH]1)C(N)=O. The smallest absolute Gasteiger partial charge is 0.334 e. The highest BCUT2D eigenvalue weighted by atomic mass is 16.2. The van der Waals surface area contributed by atoms with Gasteiger partial charge in [0.2, 0.25) is 23.6 Å². The van der Waals surface area contributed by atoms with Crippen molar-refractivity contribution >= 4 is 57.4 Å². The fraction of sp³-hybridized carbons (Fsp3) is 0.244. The molecule has 0 unspecified atom stereocenters. The number of carbonyl (C=O) groups excluding carboxylic acids is 6. The zero-order chi connectivity index (χ0) is 41.9. The number of carbonyl (C=O) groups is 6. The maximum atomic E-state index is 14.1. The first-order chi connectivity index (χ1) is 28.4. The number of para-hydroxylation sites is 2. The average molecular weight is 803 g/mol. The number of urea groups is 1. The number of benzene rings is 3. The minimum atomic E-state index is -1.28. The lowest BCUT2D eigenvalue weighted by Gasteiger charge is -2.25. The van der Waals surface area contributed by atoms with Crippen LogP contribution in [0.1, 0.15) is 29.3 Å². The summed E-state index contributed by atoms with van der Waals surface area (Å²) in [5.41, 5.74) is 20.6. The molecule has 0 spiro atoms. The van der Waals surface area contributed by atoms with E-state index in [4.69, 9.17) is 11.5 Å². The molecule has 0 saturated carbocycles. The van der Waals surface area contributed by atoms with Crippen molar-refractivity contribution in [1.29, 1.82) is 0 Å². The number of imidazole rings is 1. The molecular formula is C41H46N12O6. The quantitative estimate of drug-likeness (QED) is 0.0581. The van der Waals surface area contributed by atoms with Crippen LogP contribution in [0, 0.1) is 0 Å². The lowest BCUT2D eigenvalue weighted by Crippen LogP contribution is -2.60. The number of rotatable bonds is 17. The highest BCUT2D eigenvalue weighted by Gasteiger charge is 2.30. The van der Waals surface area contributed by atoms with Gasteiger partial charge in [-0.05, 0) is 35.7 Å². The second-order valence-corrected chi connectivity index (χ2v) is 14.1. The molecule has 3 aromatic heterocycles. The number of hydrogen-bond donors (Lipinski definition) is 11. The van der Waals surface area contributed by atoms with Crippen LogP contribution in [-0.4, -0.2) is 85.7 Å². The number of hydrogen-bond acceptors (Lipinski definition) is 8. The third-order valence-corrected chi connectivity index (χ3v) is 9.78. The van der Waals surface area contributed by atoms with Crippen LogP contribution in [0.3, 0.4) is 0 Å². The molecule has 3 heterocycles. The summed E-state index contributed by atoms with van der Waals surface area (Å²) >= 11 is 0. The highest BCUT2D eigenvalue weighted by Crippen LogP contribution is 2.21. The number of nitrogens with two attached hydrogens (primary N) is 2. The van der Waals surface area contributed by atoms with E-state index in [-0.39, 0.29) is 25.7 Å². The first-order valence-corrected chi connectivity index (χ1v) is 18.9. The Bertz CT molecular complexity index is 2410. The fourth-order valence-corrected chi connectivity index (χ4v) is 6.58. The maximum absolute atomic E-state index is 14.1. The van der Waals surface area contributed by atoms with Gasteiger partial charge in [0.1, 0.15) is 24.2 Å². The Morgan fingerprint density at radius 1 is 0.610 bits per heavy atom. The molecule has 0 fully saturated rings.